The molecular formula is C12H18BrNO3S. The second kappa shape index (κ2) is 6.65. The lowest BCUT2D eigenvalue weighted by atomic mass is 10.2. The predicted molar refractivity (Wildman–Crippen MR) is 75.0 cm³/mol. The van der Waals surface area contributed by atoms with Crippen molar-refractivity contribution in [2.24, 2.45) is 0 Å². The van der Waals surface area contributed by atoms with Gasteiger partial charge in [-0.05, 0) is 40.9 Å². The van der Waals surface area contributed by atoms with E-state index in [4.69, 9.17) is 5.11 Å². The van der Waals surface area contributed by atoms with E-state index < -0.39 is 10.0 Å². The van der Waals surface area contributed by atoms with Crippen LogP contribution in [0.2, 0.25) is 0 Å². The number of sulfonamides is 1. The van der Waals surface area contributed by atoms with Crippen LogP contribution in [-0.4, -0.2) is 37.5 Å². The zero-order chi connectivity index (χ0) is 13.8. The van der Waals surface area contributed by atoms with Crippen molar-refractivity contribution >= 4 is 26.0 Å². The van der Waals surface area contributed by atoms with Gasteiger partial charge in [-0.3, -0.25) is 0 Å². The van der Waals surface area contributed by atoms with Gasteiger partial charge >= 0.3 is 0 Å². The first kappa shape index (κ1) is 15.6. The molecule has 0 aliphatic rings. The minimum Gasteiger partial charge on any atom is -0.395 e. The Balaban J connectivity index is 3.22. The normalized spacial score (nSPS) is 12.1. The predicted octanol–water partition coefficient (Wildman–Crippen LogP) is 2.15. The summed E-state index contributed by atoms with van der Waals surface area (Å²) in [5.74, 6) is 0. The van der Waals surface area contributed by atoms with Crippen LogP contribution < -0.4 is 0 Å². The van der Waals surface area contributed by atoms with Gasteiger partial charge in [0.25, 0.3) is 0 Å². The molecule has 0 spiro atoms. The molecule has 0 aromatic heterocycles. The molecule has 102 valence electrons. The number of aliphatic hydroxyl groups excluding tert-OH is 1. The van der Waals surface area contributed by atoms with Gasteiger partial charge in [-0.2, -0.15) is 4.31 Å². The highest BCUT2D eigenvalue weighted by molar-refractivity contribution is 9.10. The number of hydrogen-bond acceptors (Lipinski definition) is 3. The zero-order valence-electron chi connectivity index (χ0n) is 10.6. The van der Waals surface area contributed by atoms with Crippen molar-refractivity contribution < 1.29 is 13.5 Å². The summed E-state index contributed by atoms with van der Waals surface area (Å²) in [6.07, 6.45) is 0.711. The number of benzene rings is 1. The van der Waals surface area contributed by atoms with E-state index in [0.29, 0.717) is 17.4 Å². The minimum atomic E-state index is -3.55. The van der Waals surface area contributed by atoms with Gasteiger partial charge in [0.15, 0.2) is 0 Å². The van der Waals surface area contributed by atoms with Crippen LogP contribution in [0.15, 0.2) is 27.6 Å². The molecule has 0 heterocycles. The van der Waals surface area contributed by atoms with Crippen molar-refractivity contribution in [3.05, 3.63) is 28.2 Å². The van der Waals surface area contributed by atoms with Crippen LogP contribution in [0.1, 0.15) is 18.9 Å². The van der Waals surface area contributed by atoms with Gasteiger partial charge in [-0.1, -0.05) is 19.1 Å². The molecule has 18 heavy (non-hydrogen) atoms. The van der Waals surface area contributed by atoms with Gasteiger partial charge in [0, 0.05) is 17.6 Å². The molecule has 0 fully saturated rings. The lowest BCUT2D eigenvalue weighted by molar-refractivity contribution is 0.253. The standard InChI is InChI=1S/C12H18BrNO3S/c1-3-7-14(8-9-15)18(16,17)11-6-4-5-10(2)12(11)13/h4-6,15H,3,7-9H2,1-2H3. The minimum absolute atomic E-state index is 0.122. The Morgan fingerprint density at radius 3 is 2.56 bits per heavy atom. The molecule has 0 bridgehead atoms. The van der Waals surface area contributed by atoms with E-state index >= 15 is 0 Å². The third-order valence-electron chi connectivity index (χ3n) is 2.60. The van der Waals surface area contributed by atoms with Crippen molar-refractivity contribution in [1.82, 2.24) is 4.31 Å². The lowest BCUT2D eigenvalue weighted by Gasteiger charge is -2.21. The summed E-state index contributed by atoms with van der Waals surface area (Å²) in [6, 6.07) is 5.14. The maximum Gasteiger partial charge on any atom is 0.244 e. The van der Waals surface area contributed by atoms with Crippen LogP contribution in [0.4, 0.5) is 0 Å². The van der Waals surface area contributed by atoms with Gasteiger partial charge in [0.05, 0.1) is 11.5 Å². The molecule has 0 atom stereocenters. The molecule has 1 rings (SSSR count). The van der Waals surface area contributed by atoms with E-state index in [0.717, 1.165) is 5.56 Å². The molecule has 0 radical (unpaired) electrons. The average Bonchev–Trinajstić information content (AvgIpc) is 2.32. The van der Waals surface area contributed by atoms with Crippen molar-refractivity contribution in [1.29, 1.82) is 0 Å². The maximum atomic E-state index is 12.5. The quantitative estimate of drug-likeness (QED) is 0.866. The van der Waals surface area contributed by atoms with Gasteiger partial charge in [-0.15, -0.1) is 0 Å². The van der Waals surface area contributed by atoms with Crippen LogP contribution in [0, 0.1) is 6.92 Å². The lowest BCUT2D eigenvalue weighted by Crippen LogP contribution is -2.34. The fraction of sp³-hybridized carbons (Fsp3) is 0.500. The summed E-state index contributed by atoms with van der Waals surface area (Å²) >= 11 is 3.32. The van der Waals surface area contributed by atoms with Crippen LogP contribution in [-0.2, 0) is 10.0 Å². The van der Waals surface area contributed by atoms with Gasteiger partial charge in [0.2, 0.25) is 10.0 Å². The van der Waals surface area contributed by atoms with E-state index in [-0.39, 0.29) is 18.0 Å². The van der Waals surface area contributed by atoms with E-state index in [2.05, 4.69) is 15.9 Å². The molecule has 0 amide bonds. The smallest absolute Gasteiger partial charge is 0.244 e. The average molecular weight is 336 g/mol. The fourth-order valence-electron chi connectivity index (χ4n) is 1.67. The molecular weight excluding hydrogens is 318 g/mol. The summed E-state index contributed by atoms with van der Waals surface area (Å²) in [7, 11) is -3.55. The SMILES string of the molecule is CCCN(CCO)S(=O)(=O)c1cccc(C)c1Br. The molecule has 6 heteroatoms. The molecule has 4 nitrogen and oxygen atoms in total. The van der Waals surface area contributed by atoms with E-state index in [1.807, 2.05) is 19.9 Å². The number of hydrogen-bond donors (Lipinski definition) is 1. The second-order valence-electron chi connectivity index (χ2n) is 4.01. The van der Waals surface area contributed by atoms with Crippen molar-refractivity contribution in [2.45, 2.75) is 25.2 Å². The Kier molecular flexibility index (Phi) is 5.78. The van der Waals surface area contributed by atoms with Crippen molar-refractivity contribution in [2.75, 3.05) is 19.7 Å². The Morgan fingerprint density at radius 1 is 1.33 bits per heavy atom. The zero-order valence-corrected chi connectivity index (χ0v) is 13.0. The van der Waals surface area contributed by atoms with Crippen LogP contribution in [0.25, 0.3) is 0 Å². The Labute approximate surface area is 117 Å². The van der Waals surface area contributed by atoms with Gasteiger partial charge in [-0.25, -0.2) is 8.42 Å². The Bertz CT molecular complexity index is 496. The molecule has 1 N–H and O–H groups in total. The van der Waals surface area contributed by atoms with Crippen LogP contribution in [0.5, 0.6) is 0 Å². The summed E-state index contributed by atoms with van der Waals surface area (Å²) in [4.78, 5) is 0.254. The third kappa shape index (κ3) is 3.32. The number of halogens is 1. The molecule has 0 saturated heterocycles. The molecule has 0 aliphatic carbocycles. The monoisotopic (exact) mass is 335 g/mol. The van der Waals surface area contributed by atoms with E-state index in [1.165, 1.54) is 4.31 Å². The highest BCUT2D eigenvalue weighted by Gasteiger charge is 2.25. The van der Waals surface area contributed by atoms with E-state index in [9.17, 15) is 8.42 Å². The molecule has 1 aromatic carbocycles. The number of nitrogens with zero attached hydrogens (tertiary/aromatic N) is 1. The van der Waals surface area contributed by atoms with E-state index in [1.54, 1.807) is 12.1 Å². The van der Waals surface area contributed by atoms with Crippen LogP contribution in [0.3, 0.4) is 0 Å². The first-order chi connectivity index (χ1) is 8.45. The summed E-state index contributed by atoms with van der Waals surface area (Å²) in [6.45, 7) is 4.10. The van der Waals surface area contributed by atoms with Gasteiger partial charge in [0.1, 0.15) is 0 Å². The van der Waals surface area contributed by atoms with Crippen molar-refractivity contribution in [3.63, 3.8) is 0 Å². The molecule has 0 saturated carbocycles. The highest BCUT2D eigenvalue weighted by Crippen LogP contribution is 2.27. The topological polar surface area (TPSA) is 57.6 Å². The van der Waals surface area contributed by atoms with Gasteiger partial charge < -0.3 is 5.11 Å². The number of aliphatic hydroxyl groups is 1. The summed E-state index contributed by atoms with van der Waals surface area (Å²) < 4.78 is 26.8. The second-order valence-corrected chi connectivity index (χ2v) is 6.71. The maximum absolute atomic E-state index is 12.5. The molecule has 0 unspecified atom stereocenters. The largest absolute Gasteiger partial charge is 0.395 e. The third-order valence-corrected chi connectivity index (χ3v) is 5.85. The molecule has 0 aliphatic heterocycles. The summed E-state index contributed by atoms with van der Waals surface area (Å²) in [5.41, 5.74) is 0.872. The number of rotatable bonds is 6. The Hall–Kier alpha value is -0.430. The Morgan fingerprint density at radius 2 is 2.00 bits per heavy atom. The molecule has 1 aromatic rings. The van der Waals surface area contributed by atoms with Crippen molar-refractivity contribution in [3.8, 4) is 0 Å². The van der Waals surface area contributed by atoms with Crippen LogP contribution >= 0.6 is 15.9 Å². The number of aryl methyl sites for hydroxylation is 1. The summed E-state index contributed by atoms with van der Waals surface area (Å²) in [5, 5.41) is 8.98. The fourth-order valence-corrected chi connectivity index (χ4v) is 4.21. The first-order valence-corrected chi connectivity index (χ1v) is 8.04. The first-order valence-electron chi connectivity index (χ1n) is 5.81. The highest BCUT2D eigenvalue weighted by atomic mass is 79.9.